The SMILES string of the molecule is CCCc1nc(CN2CCC(N)C2)cs1.Cl.Cl. The lowest BCUT2D eigenvalue weighted by molar-refractivity contribution is 0.323. The average molecular weight is 298 g/mol. The van der Waals surface area contributed by atoms with Crippen molar-refractivity contribution >= 4 is 36.2 Å². The summed E-state index contributed by atoms with van der Waals surface area (Å²) in [6.45, 7) is 5.33. The molecule has 17 heavy (non-hydrogen) atoms. The Morgan fingerprint density at radius 3 is 2.88 bits per heavy atom. The van der Waals surface area contributed by atoms with Crippen LogP contribution in [0.1, 0.15) is 30.5 Å². The van der Waals surface area contributed by atoms with Gasteiger partial charge in [0.2, 0.25) is 0 Å². The second-order valence-corrected chi connectivity index (χ2v) is 5.21. The molecule has 0 radical (unpaired) electrons. The number of hydrogen-bond acceptors (Lipinski definition) is 4. The monoisotopic (exact) mass is 297 g/mol. The van der Waals surface area contributed by atoms with Gasteiger partial charge in [-0.1, -0.05) is 6.92 Å². The van der Waals surface area contributed by atoms with Crippen molar-refractivity contribution < 1.29 is 0 Å². The number of thiazole rings is 1. The van der Waals surface area contributed by atoms with Crippen molar-refractivity contribution in [3.05, 3.63) is 16.1 Å². The first-order valence-corrected chi connectivity index (χ1v) is 6.57. The van der Waals surface area contributed by atoms with Gasteiger partial charge in [-0.15, -0.1) is 36.2 Å². The lowest BCUT2D eigenvalue weighted by Crippen LogP contribution is -2.26. The summed E-state index contributed by atoms with van der Waals surface area (Å²) in [5.41, 5.74) is 7.09. The van der Waals surface area contributed by atoms with E-state index in [0.29, 0.717) is 6.04 Å². The number of halogens is 2. The van der Waals surface area contributed by atoms with Crippen LogP contribution in [-0.4, -0.2) is 29.0 Å². The summed E-state index contributed by atoms with van der Waals surface area (Å²) in [6, 6.07) is 0.374. The topological polar surface area (TPSA) is 42.2 Å². The third-order valence-corrected chi connectivity index (χ3v) is 3.72. The van der Waals surface area contributed by atoms with E-state index in [9.17, 15) is 0 Å². The Hall–Kier alpha value is 0.130. The molecular formula is C11H21Cl2N3S. The van der Waals surface area contributed by atoms with Crippen molar-refractivity contribution in [1.82, 2.24) is 9.88 Å². The number of aryl methyl sites for hydroxylation is 1. The molecule has 6 heteroatoms. The minimum absolute atomic E-state index is 0. The van der Waals surface area contributed by atoms with Crippen LogP contribution in [-0.2, 0) is 13.0 Å². The van der Waals surface area contributed by atoms with E-state index in [-0.39, 0.29) is 24.8 Å². The fourth-order valence-corrected chi connectivity index (χ4v) is 2.88. The third kappa shape index (κ3) is 5.10. The van der Waals surface area contributed by atoms with Crippen LogP contribution in [0.5, 0.6) is 0 Å². The summed E-state index contributed by atoms with van der Waals surface area (Å²) >= 11 is 1.79. The van der Waals surface area contributed by atoms with E-state index in [1.165, 1.54) is 17.1 Å². The molecule has 100 valence electrons. The Morgan fingerprint density at radius 1 is 1.53 bits per heavy atom. The Balaban J connectivity index is 0.00000128. The van der Waals surface area contributed by atoms with Gasteiger partial charge < -0.3 is 5.73 Å². The van der Waals surface area contributed by atoms with E-state index in [1.807, 2.05) is 0 Å². The fourth-order valence-electron chi connectivity index (χ4n) is 1.99. The Kier molecular flexibility index (Phi) is 8.33. The minimum atomic E-state index is 0. The number of likely N-dealkylation sites (tertiary alicyclic amines) is 1. The highest BCUT2D eigenvalue weighted by molar-refractivity contribution is 7.09. The molecule has 1 atom stereocenters. The zero-order chi connectivity index (χ0) is 10.7. The predicted octanol–water partition coefficient (Wildman–Crippen LogP) is 2.47. The molecule has 2 N–H and O–H groups in total. The summed E-state index contributed by atoms with van der Waals surface area (Å²) in [5.74, 6) is 0. The van der Waals surface area contributed by atoms with Crippen LogP contribution < -0.4 is 5.73 Å². The normalized spacial score (nSPS) is 19.8. The first-order valence-electron chi connectivity index (χ1n) is 5.69. The van der Waals surface area contributed by atoms with Gasteiger partial charge in [0.15, 0.2) is 0 Å². The quantitative estimate of drug-likeness (QED) is 0.928. The van der Waals surface area contributed by atoms with Crippen LogP contribution in [0.2, 0.25) is 0 Å². The molecule has 2 heterocycles. The van der Waals surface area contributed by atoms with E-state index < -0.39 is 0 Å². The summed E-state index contributed by atoms with van der Waals surface area (Å²) in [6.07, 6.45) is 3.43. The first-order chi connectivity index (χ1) is 7.28. The van der Waals surface area contributed by atoms with Crippen LogP contribution >= 0.6 is 36.2 Å². The zero-order valence-corrected chi connectivity index (χ0v) is 12.5. The number of nitrogens with zero attached hydrogens (tertiary/aromatic N) is 2. The maximum absolute atomic E-state index is 5.87. The highest BCUT2D eigenvalue weighted by Gasteiger charge is 2.19. The molecule has 0 spiro atoms. The van der Waals surface area contributed by atoms with Crippen LogP contribution in [0.15, 0.2) is 5.38 Å². The highest BCUT2D eigenvalue weighted by atomic mass is 35.5. The molecule has 1 fully saturated rings. The Bertz CT molecular complexity index is 319. The second-order valence-electron chi connectivity index (χ2n) is 4.27. The molecular weight excluding hydrogens is 277 g/mol. The van der Waals surface area contributed by atoms with E-state index in [4.69, 9.17) is 5.73 Å². The lowest BCUT2D eigenvalue weighted by atomic mass is 10.3. The average Bonchev–Trinajstić information content (AvgIpc) is 2.78. The van der Waals surface area contributed by atoms with Gasteiger partial charge in [-0.05, 0) is 19.3 Å². The van der Waals surface area contributed by atoms with Gasteiger partial charge in [0, 0.05) is 31.1 Å². The van der Waals surface area contributed by atoms with Gasteiger partial charge >= 0.3 is 0 Å². The van der Waals surface area contributed by atoms with Crippen molar-refractivity contribution in [2.45, 2.75) is 38.8 Å². The Morgan fingerprint density at radius 2 is 2.29 bits per heavy atom. The Labute approximate surface area is 120 Å². The van der Waals surface area contributed by atoms with Gasteiger partial charge in [0.25, 0.3) is 0 Å². The summed E-state index contributed by atoms with van der Waals surface area (Å²) in [7, 11) is 0. The minimum Gasteiger partial charge on any atom is -0.326 e. The van der Waals surface area contributed by atoms with Crippen molar-refractivity contribution in [2.24, 2.45) is 5.73 Å². The maximum atomic E-state index is 5.87. The van der Waals surface area contributed by atoms with Crippen LogP contribution in [0.3, 0.4) is 0 Å². The van der Waals surface area contributed by atoms with Gasteiger partial charge in [-0.2, -0.15) is 0 Å². The molecule has 0 amide bonds. The van der Waals surface area contributed by atoms with Gasteiger partial charge in [0.1, 0.15) is 0 Å². The lowest BCUT2D eigenvalue weighted by Gasteiger charge is -2.12. The smallest absolute Gasteiger partial charge is 0.0928 e. The van der Waals surface area contributed by atoms with Crippen molar-refractivity contribution in [2.75, 3.05) is 13.1 Å². The standard InChI is InChI=1S/C11H19N3S.2ClH/c1-2-3-11-13-10(8-15-11)7-14-5-4-9(12)6-14;;/h8-9H,2-7,12H2,1H3;2*1H. The summed E-state index contributed by atoms with van der Waals surface area (Å²) < 4.78 is 0. The van der Waals surface area contributed by atoms with Crippen molar-refractivity contribution in [3.8, 4) is 0 Å². The van der Waals surface area contributed by atoms with Crippen molar-refractivity contribution in [1.29, 1.82) is 0 Å². The zero-order valence-electron chi connectivity index (χ0n) is 10.1. The van der Waals surface area contributed by atoms with Crippen LogP contribution in [0.4, 0.5) is 0 Å². The maximum Gasteiger partial charge on any atom is 0.0928 e. The second kappa shape index (κ2) is 8.27. The first kappa shape index (κ1) is 17.1. The third-order valence-electron chi connectivity index (χ3n) is 2.76. The summed E-state index contributed by atoms with van der Waals surface area (Å²) in [4.78, 5) is 7.02. The number of nitrogens with two attached hydrogens (primary N) is 1. The molecule has 1 unspecified atom stereocenters. The van der Waals surface area contributed by atoms with Gasteiger partial charge in [-0.3, -0.25) is 4.90 Å². The van der Waals surface area contributed by atoms with E-state index >= 15 is 0 Å². The van der Waals surface area contributed by atoms with Crippen LogP contribution in [0, 0.1) is 0 Å². The number of aromatic nitrogens is 1. The molecule has 3 nitrogen and oxygen atoms in total. The molecule has 1 aliphatic heterocycles. The summed E-state index contributed by atoms with van der Waals surface area (Å²) in [5, 5.41) is 3.46. The molecule has 0 aromatic carbocycles. The van der Waals surface area contributed by atoms with E-state index in [0.717, 1.165) is 32.5 Å². The molecule has 1 aromatic heterocycles. The molecule has 1 aliphatic rings. The highest BCUT2D eigenvalue weighted by Crippen LogP contribution is 2.16. The molecule has 1 saturated heterocycles. The van der Waals surface area contributed by atoms with Crippen LogP contribution in [0.25, 0.3) is 0 Å². The molecule has 1 aromatic rings. The van der Waals surface area contributed by atoms with E-state index in [2.05, 4.69) is 22.2 Å². The number of hydrogen-bond donors (Lipinski definition) is 1. The largest absolute Gasteiger partial charge is 0.326 e. The predicted molar refractivity (Wildman–Crippen MR) is 78.5 cm³/mol. The van der Waals surface area contributed by atoms with Crippen molar-refractivity contribution in [3.63, 3.8) is 0 Å². The number of rotatable bonds is 4. The molecule has 2 rings (SSSR count). The molecule has 0 saturated carbocycles. The van der Waals surface area contributed by atoms with E-state index in [1.54, 1.807) is 11.3 Å². The van der Waals surface area contributed by atoms with Gasteiger partial charge in [0.05, 0.1) is 10.7 Å². The van der Waals surface area contributed by atoms with Gasteiger partial charge in [-0.25, -0.2) is 4.98 Å². The molecule has 0 aliphatic carbocycles. The fraction of sp³-hybridized carbons (Fsp3) is 0.727. The molecule has 0 bridgehead atoms.